The number of hydrogen-bond donors (Lipinski definition) is 0. The molecule has 3 rings (SSSR count). The third-order valence-electron chi connectivity index (χ3n) is 3.48. The van der Waals surface area contributed by atoms with E-state index >= 15 is 0 Å². The third-order valence-corrected chi connectivity index (χ3v) is 3.48. The number of hydrogen-bond acceptors (Lipinski definition) is 1. The molecule has 0 fully saturated rings. The predicted octanol–water partition coefficient (Wildman–Crippen LogP) is 4.62. The zero-order chi connectivity index (χ0) is 12.9. The van der Waals surface area contributed by atoms with Gasteiger partial charge in [-0.05, 0) is 48.1 Å². The van der Waals surface area contributed by atoms with Crippen LogP contribution in [0.5, 0.6) is 5.75 Å². The fraction of sp³-hybridized carbons (Fsp3) is 0.222. The van der Waals surface area contributed by atoms with Crippen LogP contribution in [0.25, 0.3) is 6.08 Å². The first kappa shape index (κ1) is 12.0. The number of fused-ring (bicyclic) bond motifs is 1. The van der Waals surface area contributed by atoms with Crippen molar-refractivity contribution < 1.29 is 4.74 Å². The van der Waals surface area contributed by atoms with Crippen molar-refractivity contribution in [2.75, 3.05) is 0 Å². The number of aryl methyl sites for hydroxylation is 1. The highest BCUT2D eigenvalue weighted by atomic mass is 16.5. The van der Waals surface area contributed by atoms with Crippen molar-refractivity contribution in [2.45, 2.75) is 25.9 Å². The first-order chi connectivity index (χ1) is 9.42. The zero-order valence-electron chi connectivity index (χ0n) is 11.0. The second-order valence-electron chi connectivity index (χ2n) is 4.93. The Labute approximate surface area is 114 Å². The monoisotopic (exact) mass is 250 g/mol. The van der Waals surface area contributed by atoms with Crippen LogP contribution >= 0.6 is 0 Å². The number of rotatable bonds is 3. The van der Waals surface area contributed by atoms with Crippen LogP contribution in [0.3, 0.4) is 0 Å². The van der Waals surface area contributed by atoms with E-state index in [-0.39, 0.29) is 0 Å². The van der Waals surface area contributed by atoms with Gasteiger partial charge in [-0.3, -0.25) is 0 Å². The Morgan fingerprint density at radius 1 is 1.00 bits per heavy atom. The Bertz CT molecular complexity index is 569. The van der Waals surface area contributed by atoms with Gasteiger partial charge < -0.3 is 4.74 Å². The Balaban J connectivity index is 1.72. The Hall–Kier alpha value is -2.02. The molecule has 0 radical (unpaired) electrons. The summed E-state index contributed by atoms with van der Waals surface area (Å²) in [4.78, 5) is 0. The molecule has 1 aliphatic rings. The summed E-state index contributed by atoms with van der Waals surface area (Å²) >= 11 is 0. The molecular formula is C18H18O. The van der Waals surface area contributed by atoms with Crippen molar-refractivity contribution in [3.05, 3.63) is 71.3 Å². The van der Waals surface area contributed by atoms with E-state index in [1.165, 1.54) is 29.5 Å². The predicted molar refractivity (Wildman–Crippen MR) is 79.2 cm³/mol. The maximum absolute atomic E-state index is 5.87. The molecule has 0 N–H and O–H groups in total. The third kappa shape index (κ3) is 3.05. The van der Waals surface area contributed by atoms with Crippen LogP contribution < -0.4 is 4.74 Å². The van der Waals surface area contributed by atoms with Crippen molar-refractivity contribution >= 4 is 6.08 Å². The summed E-state index contributed by atoms with van der Waals surface area (Å²) in [6.45, 7) is 0.634. The van der Waals surface area contributed by atoms with Gasteiger partial charge in [0.05, 0.1) is 0 Å². The number of benzene rings is 2. The number of ether oxygens (including phenoxy) is 1. The molecule has 0 atom stereocenters. The highest BCUT2D eigenvalue weighted by molar-refractivity contribution is 5.56. The minimum absolute atomic E-state index is 0.634. The quantitative estimate of drug-likeness (QED) is 0.772. The zero-order valence-corrected chi connectivity index (χ0v) is 11.0. The maximum Gasteiger partial charge on any atom is 0.120 e. The van der Waals surface area contributed by atoms with Crippen LogP contribution in [0.1, 0.15) is 29.5 Å². The van der Waals surface area contributed by atoms with E-state index in [2.05, 4.69) is 42.5 Å². The van der Waals surface area contributed by atoms with Gasteiger partial charge in [0.1, 0.15) is 12.4 Å². The fourth-order valence-corrected chi connectivity index (χ4v) is 2.41. The van der Waals surface area contributed by atoms with Crippen molar-refractivity contribution in [3.8, 4) is 5.75 Å². The molecular weight excluding hydrogens is 232 g/mol. The van der Waals surface area contributed by atoms with Crippen LogP contribution in [0.4, 0.5) is 0 Å². The summed E-state index contributed by atoms with van der Waals surface area (Å²) in [6, 6.07) is 16.7. The lowest BCUT2D eigenvalue weighted by atomic mass is 10.0. The molecule has 96 valence electrons. The average molecular weight is 250 g/mol. The van der Waals surface area contributed by atoms with Crippen molar-refractivity contribution in [1.82, 2.24) is 0 Å². The van der Waals surface area contributed by atoms with Gasteiger partial charge in [0.2, 0.25) is 0 Å². The van der Waals surface area contributed by atoms with E-state index in [0.717, 1.165) is 12.2 Å². The first-order valence-electron chi connectivity index (χ1n) is 6.88. The minimum atomic E-state index is 0.634. The van der Waals surface area contributed by atoms with E-state index in [1.54, 1.807) is 0 Å². The van der Waals surface area contributed by atoms with Gasteiger partial charge in [-0.2, -0.15) is 0 Å². The summed E-state index contributed by atoms with van der Waals surface area (Å²) in [7, 11) is 0. The SMILES string of the molecule is C1=Cc2ccc(OCc3ccccc3)cc2CCC1. The lowest BCUT2D eigenvalue weighted by Gasteiger charge is -2.10. The Kier molecular flexibility index (Phi) is 3.64. The molecule has 0 bridgehead atoms. The molecule has 19 heavy (non-hydrogen) atoms. The molecule has 0 aromatic heterocycles. The van der Waals surface area contributed by atoms with Crippen LogP contribution in [0, 0.1) is 0 Å². The highest BCUT2D eigenvalue weighted by Crippen LogP contribution is 2.24. The van der Waals surface area contributed by atoms with Gasteiger partial charge in [0, 0.05) is 0 Å². The van der Waals surface area contributed by atoms with Crippen LogP contribution in [0.15, 0.2) is 54.6 Å². The van der Waals surface area contributed by atoms with Gasteiger partial charge in [-0.15, -0.1) is 0 Å². The second kappa shape index (κ2) is 5.75. The molecule has 2 aromatic rings. The summed E-state index contributed by atoms with van der Waals surface area (Å²) < 4.78 is 5.87. The van der Waals surface area contributed by atoms with Gasteiger partial charge in [0.15, 0.2) is 0 Å². The smallest absolute Gasteiger partial charge is 0.120 e. The summed E-state index contributed by atoms with van der Waals surface area (Å²) in [5.74, 6) is 0.970. The van der Waals surface area contributed by atoms with Crippen molar-refractivity contribution in [1.29, 1.82) is 0 Å². The molecule has 1 nitrogen and oxygen atoms in total. The molecule has 2 aromatic carbocycles. The standard InChI is InChI=1S/C18H18O/c1-3-7-15(8-4-1)14-19-18-12-11-16-9-5-2-6-10-17(16)13-18/h1,3-5,7-9,11-13H,2,6,10,14H2. The Morgan fingerprint density at radius 3 is 2.79 bits per heavy atom. The maximum atomic E-state index is 5.87. The van der Waals surface area contributed by atoms with Crippen LogP contribution in [-0.2, 0) is 13.0 Å². The molecule has 0 spiro atoms. The normalized spacial score (nSPS) is 13.7. The van der Waals surface area contributed by atoms with E-state index in [1.807, 2.05) is 18.2 Å². The molecule has 0 amide bonds. The van der Waals surface area contributed by atoms with Gasteiger partial charge in [0.25, 0.3) is 0 Å². The topological polar surface area (TPSA) is 9.23 Å². The fourth-order valence-electron chi connectivity index (χ4n) is 2.41. The van der Waals surface area contributed by atoms with E-state index in [9.17, 15) is 0 Å². The molecule has 0 unspecified atom stereocenters. The van der Waals surface area contributed by atoms with Crippen molar-refractivity contribution in [3.63, 3.8) is 0 Å². The lowest BCUT2D eigenvalue weighted by Crippen LogP contribution is -1.96. The largest absolute Gasteiger partial charge is 0.489 e. The molecule has 0 aliphatic heterocycles. The summed E-state index contributed by atoms with van der Waals surface area (Å²) in [6.07, 6.45) is 8.03. The van der Waals surface area contributed by atoms with Crippen LogP contribution in [-0.4, -0.2) is 0 Å². The van der Waals surface area contributed by atoms with Gasteiger partial charge in [-0.1, -0.05) is 48.6 Å². The Morgan fingerprint density at radius 2 is 1.89 bits per heavy atom. The number of allylic oxidation sites excluding steroid dienone is 1. The highest BCUT2D eigenvalue weighted by Gasteiger charge is 2.05. The van der Waals surface area contributed by atoms with E-state index in [4.69, 9.17) is 4.74 Å². The van der Waals surface area contributed by atoms with Gasteiger partial charge in [-0.25, -0.2) is 0 Å². The second-order valence-corrected chi connectivity index (χ2v) is 4.93. The molecule has 1 aliphatic carbocycles. The molecule has 0 saturated heterocycles. The van der Waals surface area contributed by atoms with E-state index in [0.29, 0.717) is 6.61 Å². The van der Waals surface area contributed by atoms with Crippen molar-refractivity contribution in [2.24, 2.45) is 0 Å². The van der Waals surface area contributed by atoms with Gasteiger partial charge >= 0.3 is 0 Å². The summed E-state index contributed by atoms with van der Waals surface area (Å²) in [5.41, 5.74) is 3.95. The lowest BCUT2D eigenvalue weighted by molar-refractivity contribution is 0.306. The molecule has 0 saturated carbocycles. The average Bonchev–Trinajstić information content (AvgIpc) is 2.71. The molecule has 1 heteroatoms. The van der Waals surface area contributed by atoms with E-state index < -0.39 is 0 Å². The minimum Gasteiger partial charge on any atom is -0.489 e. The molecule has 0 heterocycles. The first-order valence-corrected chi connectivity index (χ1v) is 6.88. The summed E-state index contributed by atoms with van der Waals surface area (Å²) in [5, 5.41) is 0. The van der Waals surface area contributed by atoms with Crippen LogP contribution in [0.2, 0.25) is 0 Å².